The van der Waals surface area contributed by atoms with E-state index in [2.05, 4.69) is 0 Å². The molecule has 0 fully saturated rings. The maximum Gasteiger partial charge on any atom is 0.416 e. The highest BCUT2D eigenvalue weighted by Gasteiger charge is 2.30. The summed E-state index contributed by atoms with van der Waals surface area (Å²) in [5.41, 5.74) is 1.19. The van der Waals surface area contributed by atoms with Gasteiger partial charge in [-0.25, -0.2) is 8.42 Å². The number of rotatable bonds is 5. The van der Waals surface area contributed by atoms with Crippen LogP contribution in [0.25, 0.3) is 10.9 Å². The second kappa shape index (κ2) is 8.05. The minimum Gasteiger partial charge on any atom is -0.342 e. The lowest BCUT2D eigenvalue weighted by Gasteiger charge is -2.08. The van der Waals surface area contributed by atoms with E-state index in [0.29, 0.717) is 22.5 Å². The molecule has 0 amide bonds. The van der Waals surface area contributed by atoms with Crippen molar-refractivity contribution in [2.75, 3.05) is 0 Å². The maximum absolute atomic E-state index is 13.2. The molecule has 1 aromatic heterocycles. The number of halogens is 4. The third-order valence-electron chi connectivity index (χ3n) is 4.99. The highest BCUT2D eigenvalue weighted by atomic mass is 35.5. The van der Waals surface area contributed by atoms with Crippen molar-refractivity contribution in [3.8, 4) is 0 Å². The zero-order valence-corrected chi connectivity index (χ0v) is 17.7. The van der Waals surface area contributed by atoms with Gasteiger partial charge in [0.15, 0.2) is 9.84 Å². The van der Waals surface area contributed by atoms with Crippen LogP contribution in [0, 0.1) is 0 Å². The Kier molecular flexibility index (Phi) is 5.58. The Morgan fingerprint density at radius 2 is 1.45 bits per heavy atom. The highest BCUT2D eigenvalue weighted by Crippen LogP contribution is 2.31. The summed E-state index contributed by atoms with van der Waals surface area (Å²) in [6.07, 6.45) is -2.88. The lowest BCUT2D eigenvalue weighted by molar-refractivity contribution is -0.137. The lowest BCUT2D eigenvalue weighted by atomic mass is 10.1. The Morgan fingerprint density at radius 1 is 0.839 bits per heavy atom. The predicted octanol–water partition coefficient (Wildman–Crippen LogP) is 6.34. The summed E-state index contributed by atoms with van der Waals surface area (Å²) < 4.78 is 66.5. The molecule has 0 radical (unpaired) electrons. The topological polar surface area (TPSA) is 39.1 Å². The SMILES string of the molecule is O=S(=O)(Cc1ccc(C(F)(F)F)cc1)c1cn(Cc2ccc(Cl)cc2)c2ccccc12. The van der Waals surface area contributed by atoms with E-state index in [1.165, 1.54) is 12.1 Å². The number of benzene rings is 3. The number of hydrogen-bond acceptors (Lipinski definition) is 2. The van der Waals surface area contributed by atoms with Crippen molar-refractivity contribution in [2.45, 2.75) is 23.4 Å². The third-order valence-corrected chi connectivity index (χ3v) is 6.95. The maximum atomic E-state index is 13.2. The average molecular weight is 464 g/mol. The molecular formula is C23H17ClF3NO2S. The van der Waals surface area contributed by atoms with Crippen LogP contribution in [-0.2, 0) is 28.3 Å². The van der Waals surface area contributed by atoms with Crippen LogP contribution in [0.15, 0.2) is 83.9 Å². The van der Waals surface area contributed by atoms with E-state index in [-0.39, 0.29) is 10.6 Å². The van der Waals surface area contributed by atoms with Gasteiger partial charge in [-0.3, -0.25) is 0 Å². The van der Waals surface area contributed by atoms with E-state index >= 15 is 0 Å². The standard InChI is InChI=1S/C23H17ClF3NO2S/c24-19-11-7-16(8-12-19)13-28-14-22(20-3-1-2-4-21(20)28)31(29,30)15-17-5-9-18(10-6-17)23(25,26)27/h1-12,14H,13,15H2. The molecule has 0 saturated heterocycles. The van der Waals surface area contributed by atoms with Gasteiger partial charge in [0.25, 0.3) is 0 Å². The van der Waals surface area contributed by atoms with Gasteiger partial charge in [-0.15, -0.1) is 0 Å². The Bertz CT molecular complexity index is 1330. The normalized spacial score (nSPS) is 12.4. The molecule has 0 aliphatic carbocycles. The van der Waals surface area contributed by atoms with E-state index in [1.54, 1.807) is 30.5 Å². The summed E-state index contributed by atoms with van der Waals surface area (Å²) in [7, 11) is -3.79. The molecule has 0 atom stereocenters. The first-order chi connectivity index (χ1) is 14.6. The van der Waals surface area contributed by atoms with Crippen LogP contribution in [0.3, 0.4) is 0 Å². The number of para-hydroxylation sites is 1. The van der Waals surface area contributed by atoms with Crippen molar-refractivity contribution in [3.05, 3.63) is 101 Å². The van der Waals surface area contributed by atoms with Gasteiger partial charge in [-0.1, -0.05) is 54.1 Å². The fourth-order valence-electron chi connectivity index (χ4n) is 3.47. The second-order valence-corrected chi connectivity index (χ2v) is 9.61. The Balaban J connectivity index is 1.69. The molecule has 0 spiro atoms. The summed E-state index contributed by atoms with van der Waals surface area (Å²) in [6, 6.07) is 18.6. The van der Waals surface area contributed by atoms with Crippen molar-refractivity contribution >= 4 is 32.3 Å². The highest BCUT2D eigenvalue weighted by molar-refractivity contribution is 7.90. The van der Waals surface area contributed by atoms with Crippen molar-refractivity contribution in [1.29, 1.82) is 0 Å². The Labute approximate surface area is 182 Å². The van der Waals surface area contributed by atoms with Gasteiger partial charge >= 0.3 is 6.18 Å². The molecule has 160 valence electrons. The fourth-order valence-corrected chi connectivity index (χ4v) is 5.17. The smallest absolute Gasteiger partial charge is 0.342 e. The first-order valence-corrected chi connectivity index (χ1v) is 11.4. The van der Waals surface area contributed by atoms with Crippen molar-refractivity contribution in [2.24, 2.45) is 0 Å². The Hall–Kier alpha value is -2.77. The first-order valence-electron chi connectivity index (χ1n) is 9.35. The monoisotopic (exact) mass is 463 g/mol. The van der Waals surface area contributed by atoms with E-state index in [9.17, 15) is 21.6 Å². The number of alkyl halides is 3. The molecule has 0 saturated carbocycles. The minimum absolute atomic E-state index is 0.150. The number of hydrogen-bond donors (Lipinski definition) is 0. The molecule has 3 nitrogen and oxygen atoms in total. The van der Waals surface area contributed by atoms with Gasteiger partial charge in [-0.2, -0.15) is 13.2 Å². The number of sulfone groups is 1. The molecular weight excluding hydrogens is 447 g/mol. The van der Waals surface area contributed by atoms with Gasteiger partial charge in [0, 0.05) is 28.7 Å². The minimum atomic E-state index is -4.47. The van der Waals surface area contributed by atoms with Gasteiger partial charge in [-0.05, 0) is 41.5 Å². The summed E-state index contributed by atoms with van der Waals surface area (Å²) >= 11 is 5.94. The fraction of sp³-hybridized carbons (Fsp3) is 0.130. The molecule has 4 rings (SSSR count). The molecule has 31 heavy (non-hydrogen) atoms. The van der Waals surface area contributed by atoms with E-state index < -0.39 is 21.6 Å². The van der Waals surface area contributed by atoms with Crippen LogP contribution in [0.2, 0.25) is 5.02 Å². The largest absolute Gasteiger partial charge is 0.416 e. The van der Waals surface area contributed by atoms with E-state index in [4.69, 9.17) is 11.6 Å². The van der Waals surface area contributed by atoms with Gasteiger partial charge in [0.05, 0.1) is 16.2 Å². The van der Waals surface area contributed by atoms with Crippen LogP contribution in [0.4, 0.5) is 13.2 Å². The molecule has 0 unspecified atom stereocenters. The van der Waals surface area contributed by atoms with E-state index in [1.807, 2.05) is 28.8 Å². The van der Waals surface area contributed by atoms with Crippen LogP contribution in [0.1, 0.15) is 16.7 Å². The molecule has 4 aromatic rings. The Morgan fingerprint density at radius 3 is 2.10 bits per heavy atom. The van der Waals surface area contributed by atoms with Crippen molar-refractivity contribution < 1.29 is 21.6 Å². The molecule has 0 N–H and O–H groups in total. The molecule has 1 heterocycles. The predicted molar refractivity (Wildman–Crippen MR) is 115 cm³/mol. The van der Waals surface area contributed by atoms with Gasteiger partial charge in [0.1, 0.15) is 0 Å². The van der Waals surface area contributed by atoms with E-state index in [0.717, 1.165) is 23.2 Å². The number of nitrogens with zero attached hydrogens (tertiary/aromatic N) is 1. The lowest BCUT2D eigenvalue weighted by Crippen LogP contribution is -2.07. The number of fused-ring (bicyclic) bond motifs is 1. The molecule has 8 heteroatoms. The van der Waals surface area contributed by atoms with Crippen molar-refractivity contribution in [3.63, 3.8) is 0 Å². The number of aromatic nitrogens is 1. The zero-order chi connectivity index (χ0) is 22.2. The van der Waals surface area contributed by atoms with Gasteiger partial charge in [0.2, 0.25) is 0 Å². The summed E-state index contributed by atoms with van der Waals surface area (Å²) in [5.74, 6) is -0.389. The molecule has 0 bridgehead atoms. The summed E-state index contributed by atoms with van der Waals surface area (Å²) in [6.45, 7) is 0.452. The molecule has 3 aromatic carbocycles. The van der Waals surface area contributed by atoms with Crippen LogP contribution in [0.5, 0.6) is 0 Å². The first kappa shape index (κ1) is 21.5. The average Bonchev–Trinajstić information content (AvgIpc) is 3.09. The van der Waals surface area contributed by atoms with Crippen LogP contribution in [-0.4, -0.2) is 13.0 Å². The van der Waals surface area contributed by atoms with Gasteiger partial charge < -0.3 is 4.57 Å². The quantitative estimate of drug-likeness (QED) is 0.346. The van der Waals surface area contributed by atoms with Crippen molar-refractivity contribution in [1.82, 2.24) is 4.57 Å². The third kappa shape index (κ3) is 4.62. The zero-order valence-electron chi connectivity index (χ0n) is 16.1. The second-order valence-electron chi connectivity index (χ2n) is 7.22. The van der Waals surface area contributed by atoms with Crippen LogP contribution >= 0.6 is 11.6 Å². The summed E-state index contributed by atoms with van der Waals surface area (Å²) in [5, 5.41) is 1.18. The summed E-state index contributed by atoms with van der Waals surface area (Å²) in [4.78, 5) is 0.150. The van der Waals surface area contributed by atoms with Crippen LogP contribution < -0.4 is 0 Å². The molecule has 0 aliphatic heterocycles. The molecule has 0 aliphatic rings.